The molecule has 0 aromatic heterocycles. The van der Waals surface area contributed by atoms with E-state index in [9.17, 15) is 9.59 Å². The molecule has 84 valence electrons. The Labute approximate surface area is 91.1 Å². The van der Waals surface area contributed by atoms with Crippen LogP contribution in [0.2, 0.25) is 0 Å². The van der Waals surface area contributed by atoms with Gasteiger partial charge in [0.2, 0.25) is 5.91 Å². The highest BCUT2D eigenvalue weighted by Crippen LogP contribution is 2.44. The summed E-state index contributed by atoms with van der Waals surface area (Å²) in [5, 5.41) is 0. The summed E-state index contributed by atoms with van der Waals surface area (Å²) in [6.45, 7) is 9.71. The quantitative estimate of drug-likeness (QED) is 0.647. The predicted molar refractivity (Wildman–Crippen MR) is 59.4 cm³/mol. The van der Waals surface area contributed by atoms with E-state index in [1.807, 2.05) is 20.8 Å². The summed E-state index contributed by atoms with van der Waals surface area (Å²) < 4.78 is 0. The fraction of sp³-hybridized carbons (Fsp3) is 0.667. The van der Waals surface area contributed by atoms with Gasteiger partial charge in [0.1, 0.15) is 5.54 Å². The lowest BCUT2D eigenvalue weighted by Gasteiger charge is -2.30. The monoisotopic (exact) mass is 209 g/mol. The first-order valence-corrected chi connectivity index (χ1v) is 5.48. The number of Topliss-reactive ketones (excluding diaryl/α,β-unsaturated/α-hetero) is 1. The van der Waals surface area contributed by atoms with Crippen molar-refractivity contribution in [3.63, 3.8) is 0 Å². The molecule has 0 bridgehead atoms. The third-order valence-electron chi connectivity index (χ3n) is 2.98. The third kappa shape index (κ3) is 1.96. The number of ketones is 1. The number of carbonyl (C=O) groups is 2. The average Bonchev–Trinajstić information content (AvgIpc) is 2.98. The number of nitrogens with zero attached hydrogens (tertiary/aromatic N) is 1. The van der Waals surface area contributed by atoms with Crippen molar-refractivity contribution in [2.75, 3.05) is 6.54 Å². The maximum absolute atomic E-state index is 12.0. The summed E-state index contributed by atoms with van der Waals surface area (Å²) in [5.41, 5.74) is -0.506. The van der Waals surface area contributed by atoms with Gasteiger partial charge in [-0.15, -0.1) is 0 Å². The minimum atomic E-state index is -0.506. The summed E-state index contributed by atoms with van der Waals surface area (Å²) >= 11 is 0. The van der Waals surface area contributed by atoms with E-state index in [-0.39, 0.29) is 17.6 Å². The van der Waals surface area contributed by atoms with E-state index in [1.54, 1.807) is 4.90 Å². The van der Waals surface area contributed by atoms with E-state index >= 15 is 0 Å². The van der Waals surface area contributed by atoms with Gasteiger partial charge in [0, 0.05) is 12.5 Å². The molecule has 1 amide bonds. The highest BCUT2D eigenvalue weighted by atomic mass is 16.2. The topological polar surface area (TPSA) is 37.4 Å². The molecule has 3 nitrogen and oxygen atoms in total. The van der Waals surface area contributed by atoms with Gasteiger partial charge in [-0.05, 0) is 25.8 Å². The van der Waals surface area contributed by atoms with E-state index in [1.165, 1.54) is 6.08 Å². The molecule has 1 aliphatic rings. The van der Waals surface area contributed by atoms with Crippen LogP contribution in [0.5, 0.6) is 0 Å². The fourth-order valence-electron chi connectivity index (χ4n) is 2.08. The molecule has 0 aromatic rings. The zero-order valence-electron chi connectivity index (χ0n) is 9.75. The van der Waals surface area contributed by atoms with Crippen molar-refractivity contribution in [3.8, 4) is 0 Å². The van der Waals surface area contributed by atoms with Crippen LogP contribution in [0.4, 0.5) is 0 Å². The second-order valence-corrected chi connectivity index (χ2v) is 4.34. The van der Waals surface area contributed by atoms with Gasteiger partial charge in [0.05, 0.1) is 0 Å². The van der Waals surface area contributed by atoms with Crippen LogP contribution >= 0.6 is 0 Å². The predicted octanol–water partition coefficient (Wildman–Crippen LogP) is 1.78. The Morgan fingerprint density at radius 1 is 1.47 bits per heavy atom. The highest BCUT2D eigenvalue weighted by Gasteiger charge is 2.55. The van der Waals surface area contributed by atoms with E-state index in [0.29, 0.717) is 6.54 Å². The molecule has 3 heteroatoms. The molecule has 0 spiro atoms. The van der Waals surface area contributed by atoms with Gasteiger partial charge in [0.15, 0.2) is 5.78 Å². The summed E-state index contributed by atoms with van der Waals surface area (Å²) in [5.74, 6) is 0.0303. The van der Waals surface area contributed by atoms with Gasteiger partial charge in [-0.25, -0.2) is 0 Å². The average molecular weight is 209 g/mol. The van der Waals surface area contributed by atoms with Crippen LogP contribution in [-0.2, 0) is 9.59 Å². The van der Waals surface area contributed by atoms with E-state index in [2.05, 4.69) is 6.58 Å². The van der Waals surface area contributed by atoms with Crippen LogP contribution in [0.15, 0.2) is 12.7 Å². The first-order chi connectivity index (χ1) is 6.99. The number of carbonyl (C=O) groups excluding carboxylic acids is 2. The van der Waals surface area contributed by atoms with Crippen LogP contribution < -0.4 is 0 Å². The van der Waals surface area contributed by atoms with Crippen molar-refractivity contribution in [3.05, 3.63) is 12.7 Å². The van der Waals surface area contributed by atoms with E-state index in [4.69, 9.17) is 0 Å². The van der Waals surface area contributed by atoms with Crippen molar-refractivity contribution < 1.29 is 9.59 Å². The molecule has 1 saturated carbocycles. The molecule has 0 radical (unpaired) electrons. The lowest BCUT2D eigenvalue weighted by molar-refractivity contribution is -0.139. The summed E-state index contributed by atoms with van der Waals surface area (Å²) in [6.07, 6.45) is 2.89. The van der Waals surface area contributed by atoms with Gasteiger partial charge in [-0.2, -0.15) is 0 Å². The zero-order chi connectivity index (χ0) is 11.6. The summed E-state index contributed by atoms with van der Waals surface area (Å²) in [4.78, 5) is 25.3. The van der Waals surface area contributed by atoms with E-state index in [0.717, 1.165) is 12.8 Å². The molecule has 1 rings (SSSR count). The zero-order valence-corrected chi connectivity index (χ0v) is 9.75. The van der Waals surface area contributed by atoms with Crippen molar-refractivity contribution in [2.24, 2.45) is 5.92 Å². The lowest BCUT2D eigenvalue weighted by Crippen LogP contribution is -2.48. The standard InChI is InChI=1S/C12H19NO2/c1-5-10(14)13(6-2)12(7-8-12)11(15)9(3)4/h5,9H,1,6-8H2,2-4H3. The Morgan fingerprint density at radius 2 is 2.00 bits per heavy atom. The van der Waals surface area contributed by atoms with Gasteiger partial charge >= 0.3 is 0 Å². The van der Waals surface area contributed by atoms with Gasteiger partial charge in [0.25, 0.3) is 0 Å². The molecule has 0 aromatic carbocycles. The van der Waals surface area contributed by atoms with Crippen molar-refractivity contribution in [1.29, 1.82) is 0 Å². The summed E-state index contributed by atoms with van der Waals surface area (Å²) in [7, 11) is 0. The normalized spacial score (nSPS) is 17.3. The Hall–Kier alpha value is -1.12. The Kier molecular flexibility index (Phi) is 3.32. The second kappa shape index (κ2) is 4.17. The molecule has 0 N–H and O–H groups in total. The Balaban J connectivity index is 2.89. The maximum atomic E-state index is 12.0. The second-order valence-electron chi connectivity index (χ2n) is 4.34. The molecule has 0 aliphatic heterocycles. The maximum Gasteiger partial charge on any atom is 0.246 e. The van der Waals surface area contributed by atoms with Crippen molar-refractivity contribution >= 4 is 11.7 Å². The van der Waals surface area contributed by atoms with Gasteiger partial charge in [-0.3, -0.25) is 9.59 Å². The smallest absolute Gasteiger partial charge is 0.246 e. The Bertz CT molecular complexity index is 290. The molecular formula is C12H19NO2. The molecule has 0 atom stereocenters. The van der Waals surface area contributed by atoms with Crippen molar-refractivity contribution in [1.82, 2.24) is 4.90 Å². The third-order valence-corrected chi connectivity index (χ3v) is 2.98. The number of rotatable bonds is 5. The highest BCUT2D eigenvalue weighted by molar-refractivity contribution is 5.99. The minimum Gasteiger partial charge on any atom is -0.327 e. The van der Waals surface area contributed by atoms with Gasteiger partial charge in [-0.1, -0.05) is 20.4 Å². The minimum absolute atomic E-state index is 0.0147. The number of likely N-dealkylation sites (N-methyl/N-ethyl adjacent to an activating group) is 1. The number of hydrogen-bond donors (Lipinski definition) is 0. The molecule has 1 fully saturated rings. The van der Waals surface area contributed by atoms with E-state index < -0.39 is 5.54 Å². The van der Waals surface area contributed by atoms with Crippen LogP contribution in [0.1, 0.15) is 33.6 Å². The van der Waals surface area contributed by atoms with Crippen LogP contribution in [0, 0.1) is 5.92 Å². The molecule has 1 aliphatic carbocycles. The molecule has 0 saturated heterocycles. The Morgan fingerprint density at radius 3 is 2.27 bits per heavy atom. The fourth-order valence-corrected chi connectivity index (χ4v) is 2.08. The van der Waals surface area contributed by atoms with Gasteiger partial charge < -0.3 is 4.90 Å². The molecule has 15 heavy (non-hydrogen) atoms. The molecule has 0 unspecified atom stereocenters. The first-order valence-electron chi connectivity index (χ1n) is 5.48. The first kappa shape index (κ1) is 12.0. The van der Waals surface area contributed by atoms with Crippen LogP contribution in [-0.4, -0.2) is 28.7 Å². The number of amides is 1. The van der Waals surface area contributed by atoms with Crippen LogP contribution in [0.3, 0.4) is 0 Å². The molecular weight excluding hydrogens is 190 g/mol. The lowest BCUT2D eigenvalue weighted by atomic mass is 9.98. The van der Waals surface area contributed by atoms with Crippen molar-refractivity contribution in [2.45, 2.75) is 39.2 Å². The molecule has 0 heterocycles. The summed E-state index contributed by atoms with van der Waals surface area (Å²) in [6, 6.07) is 0. The van der Waals surface area contributed by atoms with Crippen LogP contribution in [0.25, 0.3) is 0 Å². The largest absolute Gasteiger partial charge is 0.327 e. The SMILES string of the molecule is C=CC(=O)N(CC)C1(C(=O)C(C)C)CC1. The number of hydrogen-bond acceptors (Lipinski definition) is 2.